The van der Waals surface area contributed by atoms with E-state index in [1.807, 2.05) is 0 Å². The lowest BCUT2D eigenvalue weighted by Gasteiger charge is -2.59. The van der Waals surface area contributed by atoms with Crippen LogP contribution in [0.3, 0.4) is 0 Å². The average Bonchev–Trinajstić information content (AvgIpc) is 3.69. The molecule has 0 bridgehead atoms. The van der Waals surface area contributed by atoms with Crippen molar-refractivity contribution >= 4 is 0 Å². The summed E-state index contributed by atoms with van der Waals surface area (Å²) in [6, 6.07) is 0. The van der Waals surface area contributed by atoms with Crippen molar-refractivity contribution in [3.8, 4) is 0 Å². The van der Waals surface area contributed by atoms with Crippen LogP contribution < -0.4 is 5.32 Å². The summed E-state index contributed by atoms with van der Waals surface area (Å²) in [4.78, 5) is 0. The van der Waals surface area contributed by atoms with Crippen molar-refractivity contribution in [2.75, 3.05) is 13.2 Å². The van der Waals surface area contributed by atoms with Gasteiger partial charge in [-0.2, -0.15) is 0 Å². The lowest BCUT2D eigenvalue weighted by Crippen LogP contribution is -2.66. The Labute approximate surface area is 359 Å². The van der Waals surface area contributed by atoms with Crippen LogP contribution in [0, 0.1) is 46.3 Å². The molecule has 11 unspecified atom stereocenters. The van der Waals surface area contributed by atoms with Gasteiger partial charge >= 0.3 is 0 Å². The van der Waals surface area contributed by atoms with Crippen molar-refractivity contribution in [1.29, 1.82) is 0 Å². The second-order valence-corrected chi connectivity index (χ2v) is 21.2. The van der Waals surface area contributed by atoms with E-state index in [1.54, 1.807) is 0 Å². The molecule has 0 radical (unpaired) electrons. The van der Waals surface area contributed by atoms with Crippen LogP contribution in [0.15, 0.2) is 11.6 Å². The van der Waals surface area contributed by atoms with Gasteiger partial charge in [-0.3, -0.25) is 5.32 Å². The monoisotopic (exact) mass is 867 g/mol. The van der Waals surface area contributed by atoms with E-state index in [1.165, 1.54) is 38.7 Å². The van der Waals surface area contributed by atoms with Crippen LogP contribution in [0.2, 0.25) is 0 Å². The van der Waals surface area contributed by atoms with Gasteiger partial charge in [-0.25, -0.2) is 0 Å². The predicted molar refractivity (Wildman–Crippen MR) is 215 cm³/mol. The molecule has 16 nitrogen and oxygen atoms in total. The van der Waals surface area contributed by atoms with Crippen LogP contribution >= 0.6 is 0 Å². The van der Waals surface area contributed by atoms with Gasteiger partial charge in [-0.15, -0.1) is 0 Å². The topological polar surface area (TPSA) is 238 Å². The molecular weight excluding hydrogens is 794 g/mol. The summed E-state index contributed by atoms with van der Waals surface area (Å²) in [6.45, 7) is 13.2. The van der Waals surface area contributed by atoms with Crippen LogP contribution in [0.4, 0.5) is 0 Å². The lowest BCUT2D eigenvalue weighted by molar-refractivity contribution is -0.388. The molecule has 26 atom stereocenters. The maximum atomic E-state index is 12.0. The minimum Gasteiger partial charge on any atom is -0.394 e. The molecule has 0 aromatic carbocycles. The van der Waals surface area contributed by atoms with E-state index in [9.17, 15) is 40.9 Å². The Hall–Kier alpha value is -0.900. The molecular formula is C45H73NO15. The first kappa shape index (κ1) is 45.3. The van der Waals surface area contributed by atoms with E-state index in [0.29, 0.717) is 54.5 Å². The highest BCUT2D eigenvalue weighted by atomic mass is 16.8. The highest BCUT2D eigenvalue weighted by Gasteiger charge is 2.68. The zero-order chi connectivity index (χ0) is 43.5. The predicted octanol–water partition coefficient (Wildman–Crippen LogP) is 0.815. The molecule has 16 heteroatoms. The van der Waals surface area contributed by atoms with Gasteiger partial charge in [0.2, 0.25) is 0 Å². The molecule has 9 aliphatic rings. The lowest BCUT2D eigenvalue weighted by atomic mass is 9.47. The van der Waals surface area contributed by atoms with Gasteiger partial charge in [0.05, 0.1) is 31.0 Å². The van der Waals surface area contributed by atoms with Crippen LogP contribution in [0.1, 0.15) is 99.3 Å². The zero-order valence-electron chi connectivity index (χ0n) is 36.6. The molecule has 0 amide bonds. The van der Waals surface area contributed by atoms with Crippen molar-refractivity contribution in [1.82, 2.24) is 5.32 Å². The van der Waals surface area contributed by atoms with E-state index < -0.39 is 98.7 Å². The third-order valence-corrected chi connectivity index (χ3v) is 17.9. The molecule has 4 aliphatic carbocycles. The van der Waals surface area contributed by atoms with E-state index in [2.05, 4.69) is 39.1 Å². The van der Waals surface area contributed by atoms with Gasteiger partial charge in [-0.05, 0) is 112 Å². The molecule has 348 valence electrons. The first-order valence-electron chi connectivity index (χ1n) is 23.3. The summed E-state index contributed by atoms with van der Waals surface area (Å²) in [5.41, 5.74) is 1.41. The highest BCUT2D eigenvalue weighted by Crippen LogP contribution is 2.70. The molecule has 9 N–H and O–H groups in total. The van der Waals surface area contributed by atoms with Gasteiger partial charge in [0.15, 0.2) is 18.9 Å². The van der Waals surface area contributed by atoms with Gasteiger partial charge < -0.3 is 74.0 Å². The van der Waals surface area contributed by atoms with Crippen LogP contribution in [0.5, 0.6) is 0 Å². The number of ether oxygens (including phenoxy) is 7. The van der Waals surface area contributed by atoms with Crippen molar-refractivity contribution in [2.45, 2.75) is 209 Å². The second kappa shape index (κ2) is 16.8. The van der Waals surface area contributed by atoms with Crippen molar-refractivity contribution < 1.29 is 74.0 Å². The fourth-order valence-electron chi connectivity index (χ4n) is 14.2. The molecule has 1 spiro atoms. The zero-order valence-corrected chi connectivity index (χ0v) is 36.6. The highest BCUT2D eigenvalue weighted by molar-refractivity contribution is 5.26. The summed E-state index contributed by atoms with van der Waals surface area (Å²) >= 11 is 0. The van der Waals surface area contributed by atoms with Gasteiger partial charge in [0.1, 0.15) is 66.8 Å². The molecule has 9 rings (SSSR count). The van der Waals surface area contributed by atoms with E-state index in [-0.39, 0.29) is 22.7 Å². The summed E-state index contributed by atoms with van der Waals surface area (Å²) in [5, 5.41) is 89.8. The summed E-state index contributed by atoms with van der Waals surface area (Å²) in [5.74, 6) is 3.43. The normalized spacial score (nSPS) is 58.4. The Balaban J connectivity index is 0.916. The SMILES string of the molecule is CC1CCC2(NC1)OC1CC3C4CC=C5CC(O[C@@H]6O[C@H](CO)[C@@H](O[C@@H]7O[C@@H](C)[C@H](O)[C@@H](O)[C@H]7O)[C@H](O)[C@H]6O[C@@H]6O[C@@H](C)[C@H](O)[C@@H](O)[C@H]6O)CCC5(C)C4CCC3(C)C1C2C. The minimum absolute atomic E-state index is 0.00472. The number of allylic oxidation sites excluding steroid dienone is 1. The van der Waals surface area contributed by atoms with E-state index in [0.717, 1.165) is 32.2 Å². The molecule has 61 heavy (non-hydrogen) atoms. The number of nitrogens with one attached hydrogen (secondary N) is 1. The Morgan fingerprint density at radius 2 is 1.36 bits per heavy atom. The Kier molecular flexibility index (Phi) is 12.4. The van der Waals surface area contributed by atoms with Gasteiger partial charge in [0, 0.05) is 12.5 Å². The maximum Gasteiger partial charge on any atom is 0.187 e. The number of aliphatic hydroxyl groups excluding tert-OH is 8. The van der Waals surface area contributed by atoms with Gasteiger partial charge in [0.25, 0.3) is 0 Å². The average molecular weight is 868 g/mol. The second-order valence-electron chi connectivity index (χ2n) is 21.2. The third-order valence-electron chi connectivity index (χ3n) is 17.9. The summed E-state index contributed by atoms with van der Waals surface area (Å²) in [7, 11) is 0. The minimum atomic E-state index is -1.70. The molecule has 5 saturated heterocycles. The third kappa shape index (κ3) is 7.42. The number of aliphatic hydroxyl groups is 8. The first-order chi connectivity index (χ1) is 28.9. The number of piperidine rings is 1. The molecule has 8 fully saturated rings. The Morgan fingerprint density at radius 1 is 0.705 bits per heavy atom. The number of hydrogen-bond donors (Lipinski definition) is 9. The smallest absolute Gasteiger partial charge is 0.187 e. The standard InChI is InChI=1S/C45H73NO15/c1-19-9-14-45(46-17-19)20(2)30-28(61-45)16-27-25-8-7-23-15-24(10-12-43(23,5)26(25)11-13-44(27,30)6)57-42-39(60-41-36(53)34(51)32(49)22(4)56-41)37(54)38(29(18-47)58-42)59-40-35(52)33(50)31(48)21(3)55-40/h7,19-22,24-42,46-54H,8-18H2,1-6H3/t19?,20?,21-,22-,24?,25?,26?,27?,28?,29+,30?,31-,32-,33+,34+,35+,36+,37-,38+,39+,40-,41-,42+,43?,44?,45?/m0/s1. The summed E-state index contributed by atoms with van der Waals surface area (Å²) < 4.78 is 43.7. The maximum absolute atomic E-state index is 12.0. The van der Waals surface area contributed by atoms with Crippen LogP contribution in [-0.4, -0.2) is 164 Å². The fourth-order valence-corrected chi connectivity index (χ4v) is 14.2. The number of rotatable bonds is 7. The van der Waals surface area contributed by atoms with Crippen molar-refractivity contribution in [3.05, 3.63) is 11.6 Å². The fraction of sp³-hybridized carbons (Fsp3) is 0.956. The largest absolute Gasteiger partial charge is 0.394 e. The van der Waals surface area contributed by atoms with Crippen molar-refractivity contribution in [2.24, 2.45) is 46.3 Å². The van der Waals surface area contributed by atoms with E-state index >= 15 is 0 Å². The van der Waals surface area contributed by atoms with Crippen LogP contribution in [-0.2, 0) is 33.2 Å². The number of fused-ring (bicyclic) bond motifs is 7. The first-order valence-corrected chi connectivity index (χ1v) is 23.3. The Bertz CT molecular complexity index is 1600. The molecule has 5 heterocycles. The molecule has 0 aromatic heterocycles. The number of hydrogen-bond acceptors (Lipinski definition) is 16. The summed E-state index contributed by atoms with van der Waals surface area (Å²) in [6.07, 6.45) is -9.93. The van der Waals surface area contributed by atoms with Gasteiger partial charge in [-0.1, -0.05) is 39.3 Å². The van der Waals surface area contributed by atoms with Crippen LogP contribution in [0.25, 0.3) is 0 Å². The quantitative estimate of drug-likeness (QED) is 0.161. The molecule has 0 aromatic rings. The Morgan fingerprint density at radius 3 is 1.98 bits per heavy atom. The van der Waals surface area contributed by atoms with E-state index in [4.69, 9.17) is 33.2 Å². The molecule has 5 aliphatic heterocycles. The van der Waals surface area contributed by atoms with Crippen molar-refractivity contribution in [3.63, 3.8) is 0 Å². The molecule has 3 saturated carbocycles.